The van der Waals surface area contributed by atoms with E-state index in [1.807, 2.05) is 0 Å². The highest BCUT2D eigenvalue weighted by molar-refractivity contribution is 5.75. The number of aliphatic hydroxyl groups is 1. The van der Waals surface area contributed by atoms with Crippen molar-refractivity contribution in [2.75, 3.05) is 6.54 Å². The molecule has 1 heterocycles. The third-order valence-corrected chi connectivity index (χ3v) is 2.24. The maximum Gasteiger partial charge on any atom is 0.151 e. The van der Waals surface area contributed by atoms with E-state index in [-0.39, 0.29) is 5.52 Å². The number of aromatic nitrogens is 2. The number of aromatic amines is 1. The summed E-state index contributed by atoms with van der Waals surface area (Å²) >= 11 is 0. The number of fused-ring (bicyclic) bond motifs is 1. The lowest BCUT2D eigenvalue weighted by Crippen LogP contribution is -2.07. The summed E-state index contributed by atoms with van der Waals surface area (Å²) in [5, 5.41) is 9.62. The van der Waals surface area contributed by atoms with Crippen molar-refractivity contribution in [2.45, 2.75) is 12.5 Å². The van der Waals surface area contributed by atoms with Crippen molar-refractivity contribution in [2.24, 2.45) is 5.73 Å². The van der Waals surface area contributed by atoms with Gasteiger partial charge in [-0.25, -0.2) is 9.37 Å². The summed E-state index contributed by atoms with van der Waals surface area (Å²) in [5.74, 6) is -0.0319. The van der Waals surface area contributed by atoms with E-state index in [2.05, 4.69) is 9.97 Å². The molecular formula is C10H12FN3O. The fraction of sp³-hybridized carbons (Fsp3) is 0.300. The van der Waals surface area contributed by atoms with Crippen molar-refractivity contribution < 1.29 is 9.50 Å². The van der Waals surface area contributed by atoms with Gasteiger partial charge in [-0.15, -0.1) is 0 Å². The Morgan fingerprint density at radius 3 is 3.00 bits per heavy atom. The minimum Gasteiger partial charge on any atom is -0.385 e. The highest BCUT2D eigenvalue weighted by atomic mass is 19.1. The molecule has 1 unspecified atom stereocenters. The van der Waals surface area contributed by atoms with Crippen LogP contribution in [0.15, 0.2) is 18.2 Å². The molecule has 15 heavy (non-hydrogen) atoms. The van der Waals surface area contributed by atoms with Crippen molar-refractivity contribution in [1.82, 2.24) is 9.97 Å². The molecule has 0 fully saturated rings. The second-order valence-electron chi connectivity index (χ2n) is 3.35. The van der Waals surface area contributed by atoms with E-state index in [4.69, 9.17) is 5.73 Å². The van der Waals surface area contributed by atoms with Gasteiger partial charge in [0.2, 0.25) is 0 Å². The molecule has 0 aliphatic rings. The lowest BCUT2D eigenvalue weighted by molar-refractivity contribution is 0.162. The Hall–Kier alpha value is -1.46. The number of para-hydroxylation sites is 1. The molecule has 0 spiro atoms. The second kappa shape index (κ2) is 3.96. The van der Waals surface area contributed by atoms with Crippen LogP contribution in [0, 0.1) is 5.82 Å². The number of H-pyrrole nitrogens is 1. The van der Waals surface area contributed by atoms with Crippen molar-refractivity contribution in [3.05, 3.63) is 29.8 Å². The molecule has 0 saturated carbocycles. The van der Waals surface area contributed by atoms with Crippen LogP contribution in [-0.2, 0) is 0 Å². The first kappa shape index (κ1) is 10.1. The molecule has 4 nitrogen and oxygen atoms in total. The van der Waals surface area contributed by atoms with Gasteiger partial charge in [-0.2, -0.15) is 0 Å². The third-order valence-electron chi connectivity index (χ3n) is 2.24. The van der Waals surface area contributed by atoms with Crippen LogP contribution in [0.3, 0.4) is 0 Å². The highest BCUT2D eigenvalue weighted by Crippen LogP contribution is 2.19. The van der Waals surface area contributed by atoms with Gasteiger partial charge in [-0.05, 0) is 25.1 Å². The van der Waals surface area contributed by atoms with E-state index < -0.39 is 11.9 Å². The summed E-state index contributed by atoms with van der Waals surface area (Å²) in [5.41, 5.74) is 6.15. The number of imidazole rings is 1. The van der Waals surface area contributed by atoms with Crippen LogP contribution < -0.4 is 5.73 Å². The van der Waals surface area contributed by atoms with E-state index in [9.17, 15) is 9.50 Å². The topological polar surface area (TPSA) is 74.9 Å². The smallest absolute Gasteiger partial charge is 0.151 e. The summed E-state index contributed by atoms with van der Waals surface area (Å²) in [6, 6.07) is 4.64. The predicted molar refractivity (Wildman–Crippen MR) is 54.7 cm³/mol. The molecule has 4 N–H and O–H groups in total. The van der Waals surface area contributed by atoms with Gasteiger partial charge in [0.05, 0.1) is 5.52 Å². The van der Waals surface area contributed by atoms with Gasteiger partial charge < -0.3 is 15.8 Å². The fourth-order valence-corrected chi connectivity index (χ4v) is 1.47. The van der Waals surface area contributed by atoms with Crippen LogP contribution in [0.25, 0.3) is 11.0 Å². The van der Waals surface area contributed by atoms with E-state index in [1.54, 1.807) is 12.1 Å². The van der Waals surface area contributed by atoms with Crippen LogP contribution >= 0.6 is 0 Å². The standard InChI is InChI=1S/C10H12FN3O/c11-6-2-1-3-7-9(6)14-10(13-7)8(15)4-5-12/h1-3,8,15H,4-5,12H2,(H,13,14). The van der Waals surface area contributed by atoms with Crippen LogP contribution in [-0.4, -0.2) is 21.6 Å². The molecule has 1 aromatic carbocycles. The quantitative estimate of drug-likeness (QED) is 0.708. The van der Waals surface area contributed by atoms with E-state index in [1.165, 1.54) is 6.07 Å². The zero-order chi connectivity index (χ0) is 10.8. The maximum absolute atomic E-state index is 13.3. The number of rotatable bonds is 3. The third kappa shape index (κ3) is 1.84. The van der Waals surface area contributed by atoms with Gasteiger partial charge in [0.25, 0.3) is 0 Å². The van der Waals surface area contributed by atoms with Gasteiger partial charge in [0.15, 0.2) is 5.82 Å². The molecular weight excluding hydrogens is 197 g/mol. The first-order chi connectivity index (χ1) is 7.22. The maximum atomic E-state index is 13.3. The first-order valence-electron chi connectivity index (χ1n) is 4.74. The molecule has 5 heteroatoms. The van der Waals surface area contributed by atoms with Gasteiger partial charge in [0.1, 0.15) is 17.4 Å². The normalized spacial score (nSPS) is 13.3. The average molecular weight is 209 g/mol. The van der Waals surface area contributed by atoms with Crippen LogP contribution in [0.1, 0.15) is 18.3 Å². The van der Waals surface area contributed by atoms with Crippen LogP contribution in [0.4, 0.5) is 4.39 Å². The SMILES string of the molecule is NCCC(O)c1nc2c(F)cccc2[nH]1. The molecule has 0 aliphatic heterocycles. The Morgan fingerprint density at radius 2 is 2.33 bits per heavy atom. The zero-order valence-electron chi connectivity index (χ0n) is 8.07. The van der Waals surface area contributed by atoms with Gasteiger partial charge in [-0.3, -0.25) is 0 Å². The molecule has 1 atom stereocenters. The highest BCUT2D eigenvalue weighted by Gasteiger charge is 2.13. The Bertz CT molecular complexity index is 469. The summed E-state index contributed by atoms with van der Waals surface area (Å²) in [6.45, 7) is 0.362. The number of nitrogens with one attached hydrogen (secondary N) is 1. The number of hydrogen-bond donors (Lipinski definition) is 3. The minimum atomic E-state index is -0.762. The predicted octanol–water partition coefficient (Wildman–Crippen LogP) is 1.08. The Kier molecular flexibility index (Phi) is 2.66. The number of benzene rings is 1. The summed E-state index contributed by atoms with van der Waals surface area (Å²) < 4.78 is 13.3. The molecule has 2 rings (SSSR count). The average Bonchev–Trinajstić information content (AvgIpc) is 2.63. The lowest BCUT2D eigenvalue weighted by Gasteiger charge is -2.03. The Balaban J connectivity index is 2.43. The number of hydrogen-bond acceptors (Lipinski definition) is 3. The van der Waals surface area contributed by atoms with Crippen molar-refractivity contribution in [1.29, 1.82) is 0 Å². The van der Waals surface area contributed by atoms with Crippen molar-refractivity contribution in [3.8, 4) is 0 Å². The summed E-state index contributed by atoms with van der Waals surface area (Å²) in [7, 11) is 0. The molecule has 0 aliphatic carbocycles. The molecule has 0 radical (unpaired) electrons. The van der Waals surface area contributed by atoms with Crippen LogP contribution in [0.2, 0.25) is 0 Å². The largest absolute Gasteiger partial charge is 0.385 e. The Labute approximate surface area is 85.9 Å². The molecule has 1 aromatic heterocycles. The number of aliphatic hydroxyl groups excluding tert-OH is 1. The number of nitrogens with zero attached hydrogens (tertiary/aromatic N) is 1. The molecule has 0 bridgehead atoms. The van der Waals surface area contributed by atoms with Gasteiger partial charge in [-0.1, -0.05) is 6.07 Å². The lowest BCUT2D eigenvalue weighted by atomic mass is 10.2. The molecule has 0 saturated heterocycles. The van der Waals surface area contributed by atoms with E-state index in [0.717, 1.165) is 0 Å². The monoisotopic (exact) mass is 209 g/mol. The first-order valence-corrected chi connectivity index (χ1v) is 4.74. The van der Waals surface area contributed by atoms with E-state index >= 15 is 0 Å². The number of halogens is 1. The van der Waals surface area contributed by atoms with Crippen molar-refractivity contribution in [3.63, 3.8) is 0 Å². The fourth-order valence-electron chi connectivity index (χ4n) is 1.47. The van der Waals surface area contributed by atoms with E-state index in [0.29, 0.717) is 24.3 Å². The zero-order valence-corrected chi connectivity index (χ0v) is 8.07. The Morgan fingerprint density at radius 1 is 1.53 bits per heavy atom. The minimum absolute atomic E-state index is 0.253. The van der Waals surface area contributed by atoms with Crippen LogP contribution in [0.5, 0.6) is 0 Å². The molecule has 2 aromatic rings. The van der Waals surface area contributed by atoms with Crippen molar-refractivity contribution >= 4 is 11.0 Å². The summed E-state index contributed by atoms with van der Waals surface area (Å²) in [4.78, 5) is 6.86. The second-order valence-corrected chi connectivity index (χ2v) is 3.35. The number of nitrogens with two attached hydrogens (primary N) is 1. The van der Waals surface area contributed by atoms with Gasteiger partial charge >= 0.3 is 0 Å². The molecule has 0 amide bonds. The summed E-state index contributed by atoms with van der Waals surface area (Å²) in [6.07, 6.45) is -0.358. The molecule has 80 valence electrons. The van der Waals surface area contributed by atoms with Gasteiger partial charge in [0, 0.05) is 0 Å².